The van der Waals surface area contributed by atoms with Gasteiger partial charge in [-0.1, -0.05) is 34.1 Å². The van der Waals surface area contributed by atoms with Gasteiger partial charge in [-0.25, -0.2) is 0 Å². The summed E-state index contributed by atoms with van der Waals surface area (Å²) in [6.45, 7) is 6.59. The quantitative estimate of drug-likeness (QED) is 0.866. The van der Waals surface area contributed by atoms with E-state index in [1.165, 1.54) is 10.0 Å². The minimum atomic E-state index is 1.08. The van der Waals surface area contributed by atoms with Crippen molar-refractivity contribution in [2.45, 2.75) is 0 Å². The normalized spacial score (nSPS) is 18.4. The summed E-state index contributed by atoms with van der Waals surface area (Å²) in [4.78, 5) is 2.36. The number of benzene rings is 1. The van der Waals surface area contributed by atoms with E-state index < -0.39 is 0 Å². The van der Waals surface area contributed by atoms with Crippen molar-refractivity contribution in [2.75, 3.05) is 26.2 Å². The number of halogens is 1. The Morgan fingerprint density at radius 3 is 2.64 bits per heavy atom. The molecule has 1 aliphatic heterocycles. The fourth-order valence-corrected chi connectivity index (χ4v) is 1.97. The van der Waals surface area contributed by atoms with Crippen LogP contribution in [0.5, 0.6) is 0 Å². The van der Waals surface area contributed by atoms with Gasteiger partial charge >= 0.3 is 0 Å². The molecule has 1 N–H and O–H groups in total. The molecular formula is C11H14BrN2. The maximum absolute atomic E-state index is 3.55. The van der Waals surface area contributed by atoms with Gasteiger partial charge in [0.1, 0.15) is 0 Å². The molecule has 14 heavy (non-hydrogen) atoms. The molecule has 2 nitrogen and oxygen atoms in total. The highest BCUT2D eigenvalue weighted by Crippen LogP contribution is 2.19. The highest BCUT2D eigenvalue weighted by molar-refractivity contribution is 9.10. The molecule has 1 aromatic carbocycles. The Morgan fingerprint density at radius 1 is 1.21 bits per heavy atom. The zero-order valence-electron chi connectivity index (χ0n) is 8.04. The minimum Gasteiger partial charge on any atom is -0.314 e. The van der Waals surface area contributed by atoms with Crippen LogP contribution >= 0.6 is 15.9 Å². The lowest BCUT2D eigenvalue weighted by atomic mass is 10.2. The molecule has 3 heteroatoms. The Bertz CT molecular complexity index is 295. The molecule has 0 unspecified atom stereocenters. The van der Waals surface area contributed by atoms with Crippen LogP contribution in [-0.4, -0.2) is 31.1 Å². The van der Waals surface area contributed by atoms with Gasteiger partial charge in [-0.05, 0) is 11.6 Å². The van der Waals surface area contributed by atoms with E-state index in [0.717, 1.165) is 26.2 Å². The molecule has 1 aromatic rings. The van der Waals surface area contributed by atoms with E-state index in [4.69, 9.17) is 0 Å². The molecule has 0 atom stereocenters. The van der Waals surface area contributed by atoms with Crippen molar-refractivity contribution in [1.29, 1.82) is 0 Å². The van der Waals surface area contributed by atoms with E-state index in [2.05, 4.69) is 50.9 Å². The van der Waals surface area contributed by atoms with Crippen molar-refractivity contribution in [3.63, 3.8) is 0 Å². The molecule has 0 saturated carbocycles. The van der Waals surface area contributed by atoms with E-state index in [1.54, 1.807) is 0 Å². The van der Waals surface area contributed by atoms with Gasteiger partial charge in [0, 0.05) is 30.7 Å². The van der Waals surface area contributed by atoms with Crippen LogP contribution in [0.4, 0.5) is 0 Å². The van der Waals surface area contributed by atoms with Crippen molar-refractivity contribution in [2.24, 2.45) is 0 Å². The largest absolute Gasteiger partial charge is 0.314 e. The minimum absolute atomic E-state index is 1.08. The molecule has 0 spiro atoms. The first-order valence-electron chi connectivity index (χ1n) is 4.90. The van der Waals surface area contributed by atoms with Crippen LogP contribution in [0.25, 0.3) is 0 Å². The van der Waals surface area contributed by atoms with Crippen molar-refractivity contribution >= 4 is 15.9 Å². The summed E-state index contributed by atoms with van der Waals surface area (Å²) >= 11 is 3.55. The third-order valence-corrected chi connectivity index (χ3v) is 3.10. The van der Waals surface area contributed by atoms with Crippen LogP contribution < -0.4 is 5.32 Å². The SMILES string of the molecule is Brc1ccccc1[CH]N1CCNCC1. The van der Waals surface area contributed by atoms with Gasteiger partial charge in [0.25, 0.3) is 0 Å². The van der Waals surface area contributed by atoms with Crippen LogP contribution in [0, 0.1) is 6.54 Å². The standard InChI is InChI=1S/C11H14BrN2/c12-11-4-2-1-3-10(11)9-14-7-5-13-6-8-14/h1-4,9,13H,5-8H2. The molecule has 0 aliphatic carbocycles. The molecule has 75 valence electrons. The molecule has 1 heterocycles. The maximum atomic E-state index is 3.55. The zero-order chi connectivity index (χ0) is 9.80. The zero-order valence-corrected chi connectivity index (χ0v) is 9.63. The summed E-state index contributed by atoms with van der Waals surface area (Å²) in [7, 11) is 0. The van der Waals surface area contributed by atoms with Gasteiger partial charge in [0.2, 0.25) is 0 Å². The van der Waals surface area contributed by atoms with Gasteiger partial charge < -0.3 is 5.32 Å². The Hall–Kier alpha value is -0.380. The summed E-state index contributed by atoms with van der Waals surface area (Å²) in [5, 5.41) is 3.34. The Kier molecular flexibility index (Phi) is 3.56. The summed E-state index contributed by atoms with van der Waals surface area (Å²) in [5.41, 5.74) is 1.26. The third kappa shape index (κ3) is 2.56. The second-order valence-corrected chi connectivity index (χ2v) is 4.29. The highest BCUT2D eigenvalue weighted by atomic mass is 79.9. The molecule has 1 radical (unpaired) electrons. The van der Waals surface area contributed by atoms with Crippen LogP contribution in [0.1, 0.15) is 5.56 Å². The van der Waals surface area contributed by atoms with Crippen LogP contribution in [0.3, 0.4) is 0 Å². The Labute approximate surface area is 93.4 Å². The topological polar surface area (TPSA) is 15.3 Å². The van der Waals surface area contributed by atoms with Gasteiger partial charge in [0.15, 0.2) is 0 Å². The second-order valence-electron chi connectivity index (χ2n) is 3.44. The van der Waals surface area contributed by atoms with Gasteiger partial charge in [0.05, 0.1) is 6.54 Å². The number of nitrogens with one attached hydrogen (secondary N) is 1. The lowest BCUT2D eigenvalue weighted by Crippen LogP contribution is -2.42. The second kappa shape index (κ2) is 4.91. The Balaban J connectivity index is 1.99. The number of nitrogens with zero attached hydrogens (tertiary/aromatic N) is 1. The van der Waals surface area contributed by atoms with Crippen LogP contribution in [0.15, 0.2) is 28.7 Å². The van der Waals surface area contributed by atoms with E-state index in [0.29, 0.717) is 0 Å². The highest BCUT2D eigenvalue weighted by Gasteiger charge is 2.11. The maximum Gasteiger partial charge on any atom is 0.0557 e. The monoisotopic (exact) mass is 253 g/mol. The van der Waals surface area contributed by atoms with Crippen molar-refractivity contribution in [3.05, 3.63) is 40.8 Å². The fourth-order valence-electron chi connectivity index (χ4n) is 1.59. The lowest BCUT2D eigenvalue weighted by Gasteiger charge is -2.26. The van der Waals surface area contributed by atoms with E-state index in [1.807, 2.05) is 6.07 Å². The summed E-state index contributed by atoms with van der Waals surface area (Å²) in [5.74, 6) is 0. The third-order valence-electron chi connectivity index (χ3n) is 2.38. The molecule has 0 bridgehead atoms. The summed E-state index contributed by atoms with van der Waals surface area (Å²) in [6.07, 6.45) is 0. The Morgan fingerprint density at radius 2 is 1.93 bits per heavy atom. The first kappa shape index (κ1) is 10.1. The number of rotatable bonds is 2. The van der Waals surface area contributed by atoms with Gasteiger partial charge in [-0.15, -0.1) is 0 Å². The number of hydrogen-bond donors (Lipinski definition) is 1. The number of piperazine rings is 1. The van der Waals surface area contributed by atoms with Crippen molar-refractivity contribution in [1.82, 2.24) is 10.2 Å². The predicted octanol–water partition coefficient (Wildman–Crippen LogP) is 1.86. The first-order valence-corrected chi connectivity index (χ1v) is 5.70. The van der Waals surface area contributed by atoms with Gasteiger partial charge in [-0.3, -0.25) is 4.90 Å². The average Bonchev–Trinajstić information content (AvgIpc) is 2.23. The summed E-state index contributed by atoms with van der Waals surface area (Å²) < 4.78 is 1.17. The van der Waals surface area contributed by atoms with Gasteiger partial charge in [-0.2, -0.15) is 0 Å². The smallest absolute Gasteiger partial charge is 0.0557 e. The summed E-state index contributed by atoms with van der Waals surface area (Å²) in [6, 6.07) is 8.32. The van der Waals surface area contributed by atoms with E-state index >= 15 is 0 Å². The predicted molar refractivity (Wildman–Crippen MR) is 62.0 cm³/mol. The molecule has 1 saturated heterocycles. The van der Waals surface area contributed by atoms with Crippen molar-refractivity contribution < 1.29 is 0 Å². The van der Waals surface area contributed by atoms with Crippen LogP contribution in [-0.2, 0) is 0 Å². The molecular weight excluding hydrogens is 240 g/mol. The molecule has 1 fully saturated rings. The first-order chi connectivity index (χ1) is 6.86. The number of hydrogen-bond acceptors (Lipinski definition) is 2. The lowest BCUT2D eigenvalue weighted by molar-refractivity contribution is 0.299. The average molecular weight is 254 g/mol. The van der Waals surface area contributed by atoms with Crippen LogP contribution in [0.2, 0.25) is 0 Å². The van der Waals surface area contributed by atoms with E-state index in [9.17, 15) is 0 Å². The molecule has 1 aliphatic rings. The molecule has 0 amide bonds. The fraction of sp³-hybridized carbons (Fsp3) is 0.364. The van der Waals surface area contributed by atoms with E-state index in [-0.39, 0.29) is 0 Å². The van der Waals surface area contributed by atoms with Crippen molar-refractivity contribution in [3.8, 4) is 0 Å². The molecule has 2 rings (SSSR count). The molecule has 0 aromatic heterocycles.